The topological polar surface area (TPSA) is 107 Å². The zero-order chi connectivity index (χ0) is 23.5. The van der Waals surface area contributed by atoms with Gasteiger partial charge in [-0.3, -0.25) is 24.3 Å². The van der Waals surface area contributed by atoms with E-state index in [9.17, 15) is 19.7 Å². The van der Waals surface area contributed by atoms with Crippen molar-refractivity contribution in [3.63, 3.8) is 0 Å². The van der Waals surface area contributed by atoms with Crippen LogP contribution in [-0.2, 0) is 4.79 Å². The number of para-hydroxylation sites is 3. The summed E-state index contributed by atoms with van der Waals surface area (Å²) in [4.78, 5) is 41.4. The van der Waals surface area contributed by atoms with E-state index < -0.39 is 16.1 Å². The smallest absolute Gasteiger partial charge is 0.292 e. The number of amides is 1. The van der Waals surface area contributed by atoms with E-state index in [1.165, 1.54) is 22.8 Å². The minimum absolute atomic E-state index is 0.0986. The normalized spacial score (nSPS) is 11.8. The van der Waals surface area contributed by atoms with Gasteiger partial charge in [0.2, 0.25) is 5.91 Å². The second kappa shape index (κ2) is 9.43. The van der Waals surface area contributed by atoms with Crippen molar-refractivity contribution in [3.05, 3.63) is 98.3 Å². The van der Waals surface area contributed by atoms with Crippen LogP contribution in [0.4, 0.5) is 11.4 Å². The standard InChI is InChI=1S/C23H17ClN4O4S/c1-14(21(29)25-19-8-4-5-9-20(19)28(31)32)33-23-26-18-7-3-2-6-17(18)22(30)27(23)16-12-10-15(24)11-13-16/h2-14H,1H3,(H,25,29). The quantitative estimate of drug-likeness (QED) is 0.179. The molecule has 0 radical (unpaired) electrons. The van der Waals surface area contributed by atoms with Crippen LogP contribution < -0.4 is 10.9 Å². The van der Waals surface area contributed by atoms with Crippen molar-refractivity contribution >= 4 is 51.5 Å². The van der Waals surface area contributed by atoms with Crippen molar-refractivity contribution < 1.29 is 9.72 Å². The molecule has 166 valence electrons. The number of nitrogens with one attached hydrogen (secondary N) is 1. The molecule has 1 unspecified atom stereocenters. The Kier molecular flexibility index (Phi) is 6.43. The van der Waals surface area contributed by atoms with Crippen molar-refractivity contribution in [2.24, 2.45) is 0 Å². The van der Waals surface area contributed by atoms with Crippen LogP contribution >= 0.6 is 23.4 Å². The molecule has 0 aliphatic heterocycles. The number of carbonyl (C=O) groups excluding carboxylic acids is 1. The summed E-state index contributed by atoms with van der Waals surface area (Å²) < 4.78 is 1.43. The van der Waals surface area contributed by atoms with Gasteiger partial charge in [0.25, 0.3) is 11.2 Å². The number of halogens is 1. The number of nitro benzene ring substituents is 1. The average Bonchev–Trinajstić information content (AvgIpc) is 2.80. The van der Waals surface area contributed by atoms with E-state index in [0.717, 1.165) is 11.8 Å². The Morgan fingerprint density at radius 2 is 1.76 bits per heavy atom. The Morgan fingerprint density at radius 3 is 2.48 bits per heavy atom. The highest BCUT2D eigenvalue weighted by molar-refractivity contribution is 8.00. The van der Waals surface area contributed by atoms with E-state index in [-0.39, 0.29) is 16.9 Å². The number of aromatic nitrogens is 2. The van der Waals surface area contributed by atoms with Crippen LogP contribution in [0.1, 0.15) is 6.92 Å². The minimum atomic E-state index is -0.712. The van der Waals surface area contributed by atoms with Crippen LogP contribution in [0.15, 0.2) is 82.7 Å². The Morgan fingerprint density at radius 1 is 1.09 bits per heavy atom. The first-order valence-corrected chi connectivity index (χ1v) is 11.1. The van der Waals surface area contributed by atoms with Crippen molar-refractivity contribution in [1.29, 1.82) is 0 Å². The third-order valence-electron chi connectivity index (χ3n) is 4.84. The summed E-state index contributed by atoms with van der Waals surface area (Å²) in [5, 5.41) is 14.4. The SMILES string of the molecule is CC(Sc1nc2ccccc2c(=O)n1-c1ccc(Cl)cc1)C(=O)Nc1ccccc1[N+](=O)[O-]. The number of rotatable bonds is 6. The first-order chi connectivity index (χ1) is 15.8. The summed E-state index contributed by atoms with van der Waals surface area (Å²) in [5.41, 5.74) is 0.668. The van der Waals surface area contributed by atoms with Gasteiger partial charge >= 0.3 is 0 Å². The summed E-state index contributed by atoms with van der Waals surface area (Å²) in [7, 11) is 0. The molecule has 1 atom stereocenters. The molecular weight excluding hydrogens is 464 g/mol. The predicted octanol–water partition coefficient (Wildman–Crippen LogP) is 5.07. The Balaban J connectivity index is 1.71. The zero-order valence-electron chi connectivity index (χ0n) is 17.3. The number of thioether (sulfide) groups is 1. The van der Waals surface area contributed by atoms with E-state index in [1.807, 2.05) is 0 Å². The molecule has 4 rings (SSSR count). The third kappa shape index (κ3) is 4.74. The highest BCUT2D eigenvalue weighted by Gasteiger charge is 2.22. The third-order valence-corrected chi connectivity index (χ3v) is 6.14. The summed E-state index contributed by atoms with van der Waals surface area (Å²) >= 11 is 7.08. The first-order valence-electron chi connectivity index (χ1n) is 9.84. The number of fused-ring (bicyclic) bond motifs is 1. The average molecular weight is 481 g/mol. The van der Waals surface area contributed by atoms with Crippen molar-refractivity contribution in [3.8, 4) is 5.69 Å². The highest BCUT2D eigenvalue weighted by atomic mass is 35.5. The van der Waals surface area contributed by atoms with Gasteiger partial charge in [0.15, 0.2) is 5.16 Å². The number of nitrogens with zero attached hydrogens (tertiary/aromatic N) is 3. The van der Waals surface area contributed by atoms with Crippen LogP contribution in [-0.4, -0.2) is 25.6 Å². The maximum absolute atomic E-state index is 13.3. The maximum atomic E-state index is 13.3. The van der Waals surface area contributed by atoms with E-state index >= 15 is 0 Å². The van der Waals surface area contributed by atoms with Crippen molar-refractivity contribution in [2.75, 3.05) is 5.32 Å². The molecule has 33 heavy (non-hydrogen) atoms. The predicted molar refractivity (Wildman–Crippen MR) is 129 cm³/mol. The van der Waals surface area contributed by atoms with Crippen LogP contribution in [0, 0.1) is 10.1 Å². The van der Waals surface area contributed by atoms with Gasteiger partial charge in [0.1, 0.15) is 5.69 Å². The second-order valence-corrected chi connectivity index (χ2v) is 8.80. The molecule has 1 aromatic heterocycles. The summed E-state index contributed by atoms with van der Waals surface area (Å²) in [6.45, 7) is 1.64. The van der Waals surface area contributed by atoms with Crippen LogP contribution in [0.5, 0.6) is 0 Å². The van der Waals surface area contributed by atoms with E-state index in [0.29, 0.717) is 26.8 Å². The number of benzene rings is 3. The van der Waals surface area contributed by atoms with Crippen LogP contribution in [0.25, 0.3) is 16.6 Å². The molecule has 8 nitrogen and oxygen atoms in total. The van der Waals surface area contributed by atoms with Gasteiger partial charge in [0, 0.05) is 11.1 Å². The second-order valence-electron chi connectivity index (χ2n) is 7.05. The lowest BCUT2D eigenvalue weighted by Crippen LogP contribution is -2.26. The lowest BCUT2D eigenvalue weighted by Gasteiger charge is -2.16. The number of hydrogen-bond acceptors (Lipinski definition) is 6. The van der Waals surface area contributed by atoms with Crippen molar-refractivity contribution in [2.45, 2.75) is 17.3 Å². The largest absolute Gasteiger partial charge is 0.319 e. The summed E-state index contributed by atoms with van der Waals surface area (Å²) in [5.74, 6) is -0.459. The van der Waals surface area contributed by atoms with Gasteiger partial charge in [-0.05, 0) is 49.4 Å². The molecule has 0 aliphatic rings. The number of anilines is 1. The molecule has 0 saturated heterocycles. The Hall–Kier alpha value is -3.69. The molecule has 1 amide bonds. The molecule has 0 fully saturated rings. The highest BCUT2D eigenvalue weighted by Crippen LogP contribution is 2.28. The van der Waals surface area contributed by atoms with E-state index in [2.05, 4.69) is 10.3 Å². The van der Waals surface area contributed by atoms with E-state index in [1.54, 1.807) is 61.5 Å². The molecule has 10 heteroatoms. The molecule has 0 bridgehead atoms. The fraction of sp³-hybridized carbons (Fsp3) is 0.0870. The van der Waals surface area contributed by atoms with Gasteiger partial charge in [-0.15, -0.1) is 0 Å². The lowest BCUT2D eigenvalue weighted by molar-refractivity contribution is -0.383. The number of hydrogen-bond donors (Lipinski definition) is 1. The first kappa shape index (κ1) is 22.5. The molecule has 4 aromatic rings. The number of carbonyl (C=O) groups is 1. The van der Waals surface area contributed by atoms with Gasteiger partial charge in [0.05, 0.1) is 26.8 Å². The molecule has 0 aliphatic carbocycles. The Labute approximate surface area is 197 Å². The monoisotopic (exact) mass is 480 g/mol. The van der Waals surface area contributed by atoms with Gasteiger partial charge in [-0.2, -0.15) is 0 Å². The van der Waals surface area contributed by atoms with Gasteiger partial charge in [-0.1, -0.05) is 47.6 Å². The molecule has 1 N–H and O–H groups in total. The molecule has 3 aromatic carbocycles. The van der Waals surface area contributed by atoms with Gasteiger partial charge in [-0.25, -0.2) is 4.98 Å². The summed E-state index contributed by atoms with van der Waals surface area (Å²) in [6.07, 6.45) is 0. The zero-order valence-corrected chi connectivity index (χ0v) is 18.8. The molecular formula is C23H17ClN4O4S. The van der Waals surface area contributed by atoms with E-state index in [4.69, 9.17) is 11.6 Å². The molecule has 1 heterocycles. The number of nitro groups is 1. The van der Waals surface area contributed by atoms with Crippen LogP contribution in [0.2, 0.25) is 5.02 Å². The van der Waals surface area contributed by atoms with Crippen LogP contribution in [0.3, 0.4) is 0 Å². The fourth-order valence-electron chi connectivity index (χ4n) is 3.19. The Bertz CT molecular complexity index is 1420. The van der Waals surface area contributed by atoms with Gasteiger partial charge < -0.3 is 5.32 Å². The maximum Gasteiger partial charge on any atom is 0.292 e. The minimum Gasteiger partial charge on any atom is -0.319 e. The fourth-order valence-corrected chi connectivity index (χ4v) is 4.25. The lowest BCUT2D eigenvalue weighted by atomic mass is 10.2. The molecule has 0 spiro atoms. The molecule has 0 saturated carbocycles. The van der Waals surface area contributed by atoms with Crippen molar-refractivity contribution in [1.82, 2.24) is 9.55 Å². The summed E-state index contributed by atoms with van der Waals surface area (Å²) in [6, 6.07) is 19.6.